The van der Waals surface area contributed by atoms with Crippen LogP contribution < -0.4 is 10.1 Å². The Bertz CT molecular complexity index is 1240. The van der Waals surface area contributed by atoms with Crippen molar-refractivity contribution in [2.45, 2.75) is 37.3 Å². The van der Waals surface area contributed by atoms with E-state index in [0.717, 1.165) is 34.0 Å². The molecule has 0 unspecified atom stereocenters. The number of ether oxygens (including phenoxy) is 2. The van der Waals surface area contributed by atoms with Gasteiger partial charge in [0, 0.05) is 41.6 Å². The van der Waals surface area contributed by atoms with Gasteiger partial charge in [0.15, 0.2) is 11.6 Å². The molecular weight excluding hydrogens is 532 g/mol. The molecule has 2 N–H and O–H groups in total. The number of carbonyl (C=O) groups is 1. The van der Waals surface area contributed by atoms with Gasteiger partial charge in [-0.15, -0.1) is 0 Å². The molecule has 3 aromatic carbocycles. The van der Waals surface area contributed by atoms with E-state index in [2.05, 4.69) is 21.2 Å². The van der Waals surface area contributed by atoms with Gasteiger partial charge in [-0.2, -0.15) is 0 Å². The van der Waals surface area contributed by atoms with Gasteiger partial charge in [-0.3, -0.25) is 4.79 Å². The number of amides is 1. The third-order valence-electron chi connectivity index (χ3n) is 6.78. The van der Waals surface area contributed by atoms with E-state index < -0.39 is 11.6 Å². The highest BCUT2D eigenvalue weighted by Crippen LogP contribution is 2.44. The first kappa shape index (κ1) is 25.5. The maximum atomic E-state index is 14.0. The summed E-state index contributed by atoms with van der Waals surface area (Å²) >= 11 is 3.68. The van der Waals surface area contributed by atoms with E-state index in [4.69, 9.17) is 19.6 Å². The molecular formula is C30H31BrN2O4. The Kier molecular flexibility index (Phi) is 7.91. The molecule has 192 valence electrons. The highest BCUT2D eigenvalue weighted by atomic mass is 79.9. The van der Waals surface area contributed by atoms with Gasteiger partial charge in [0.1, 0.15) is 5.75 Å². The minimum Gasteiger partial charge on any atom is -0.494 e. The molecule has 1 amide bonds. The second-order valence-corrected chi connectivity index (χ2v) is 10.5. The third kappa shape index (κ3) is 5.89. The van der Waals surface area contributed by atoms with Crippen molar-refractivity contribution in [1.82, 2.24) is 5.32 Å². The van der Waals surface area contributed by atoms with Crippen LogP contribution in [0.5, 0.6) is 5.75 Å². The fourth-order valence-corrected chi connectivity index (χ4v) is 5.06. The highest BCUT2D eigenvalue weighted by Gasteiger charge is 2.53. The number of aliphatic imine (C=N–C) groups is 1. The fourth-order valence-electron chi connectivity index (χ4n) is 4.57. The monoisotopic (exact) mass is 562 g/mol. The fraction of sp³-hybridized carbons (Fsp3) is 0.333. The molecule has 0 aromatic heterocycles. The molecule has 37 heavy (non-hydrogen) atoms. The molecule has 0 bridgehead atoms. The van der Waals surface area contributed by atoms with E-state index in [1.54, 1.807) is 0 Å². The number of benzene rings is 3. The number of hydrogen-bond donors (Lipinski definition) is 2. The van der Waals surface area contributed by atoms with Gasteiger partial charge in [-0.05, 0) is 54.7 Å². The molecule has 7 heteroatoms. The standard InChI is InChI=1S/C30H31BrN2O4/c31-26-10-5-4-9-25(26)27-30(19-21-7-2-1-3-8-21,29(35)32-20-22-11-12-22)33-28(37-27)23-13-15-24(16-14-23)36-18-6-17-34/h1-5,7-10,13-16,22,27,34H,6,11-12,17-20H2,(H,32,35)/t27-,30-/m1/s1. The summed E-state index contributed by atoms with van der Waals surface area (Å²) in [7, 11) is 0. The number of hydrogen-bond acceptors (Lipinski definition) is 5. The molecule has 2 aliphatic rings. The van der Waals surface area contributed by atoms with Crippen LogP contribution in [0.4, 0.5) is 0 Å². The highest BCUT2D eigenvalue weighted by molar-refractivity contribution is 9.10. The number of nitrogens with one attached hydrogen (secondary N) is 1. The summed E-state index contributed by atoms with van der Waals surface area (Å²) in [6.07, 6.45) is 2.66. The van der Waals surface area contributed by atoms with Crippen molar-refractivity contribution in [3.63, 3.8) is 0 Å². The molecule has 0 radical (unpaired) electrons. The van der Waals surface area contributed by atoms with Gasteiger partial charge in [0.25, 0.3) is 5.91 Å². The van der Waals surface area contributed by atoms with Gasteiger partial charge in [0.2, 0.25) is 5.90 Å². The molecule has 5 rings (SSSR count). The minimum absolute atomic E-state index is 0.0888. The molecule has 1 aliphatic heterocycles. The van der Waals surface area contributed by atoms with Crippen LogP contribution in [-0.2, 0) is 16.0 Å². The molecule has 1 aliphatic carbocycles. The van der Waals surface area contributed by atoms with Gasteiger partial charge in [-0.25, -0.2) is 4.99 Å². The first-order valence-electron chi connectivity index (χ1n) is 12.8. The largest absolute Gasteiger partial charge is 0.494 e. The number of nitrogens with zero attached hydrogens (tertiary/aromatic N) is 1. The molecule has 1 fully saturated rings. The first-order valence-corrected chi connectivity index (χ1v) is 13.6. The van der Waals surface area contributed by atoms with Crippen LogP contribution in [0.25, 0.3) is 0 Å². The summed E-state index contributed by atoms with van der Waals surface area (Å²) in [5.74, 6) is 1.56. The maximum absolute atomic E-state index is 14.0. The van der Waals surface area contributed by atoms with Crippen molar-refractivity contribution < 1.29 is 19.4 Å². The van der Waals surface area contributed by atoms with Crippen LogP contribution in [0, 0.1) is 5.92 Å². The number of aliphatic hydroxyl groups is 1. The van der Waals surface area contributed by atoms with Crippen molar-refractivity contribution >= 4 is 27.7 Å². The lowest BCUT2D eigenvalue weighted by Gasteiger charge is -2.31. The predicted octanol–water partition coefficient (Wildman–Crippen LogP) is 5.24. The summed E-state index contributed by atoms with van der Waals surface area (Å²) in [6.45, 7) is 1.19. The molecule has 0 saturated heterocycles. The smallest absolute Gasteiger partial charge is 0.252 e. The van der Waals surface area contributed by atoms with Crippen molar-refractivity contribution in [2.75, 3.05) is 19.8 Å². The molecule has 1 saturated carbocycles. The van der Waals surface area contributed by atoms with E-state index in [1.807, 2.05) is 78.9 Å². The van der Waals surface area contributed by atoms with E-state index in [0.29, 0.717) is 43.6 Å². The van der Waals surface area contributed by atoms with Crippen molar-refractivity contribution in [3.05, 3.63) is 100 Å². The lowest BCUT2D eigenvalue weighted by molar-refractivity contribution is -0.129. The average Bonchev–Trinajstić information content (AvgIpc) is 3.68. The maximum Gasteiger partial charge on any atom is 0.252 e. The minimum atomic E-state index is -1.17. The molecule has 0 spiro atoms. The van der Waals surface area contributed by atoms with Crippen LogP contribution in [-0.4, -0.2) is 42.2 Å². The predicted molar refractivity (Wildman–Crippen MR) is 147 cm³/mol. The number of carbonyl (C=O) groups excluding carboxylic acids is 1. The zero-order valence-electron chi connectivity index (χ0n) is 20.6. The number of aliphatic hydroxyl groups excluding tert-OH is 1. The molecule has 3 aromatic rings. The Morgan fingerprint density at radius 1 is 1.05 bits per heavy atom. The Labute approximate surface area is 225 Å². The third-order valence-corrected chi connectivity index (χ3v) is 7.50. The molecule has 6 nitrogen and oxygen atoms in total. The van der Waals surface area contributed by atoms with E-state index >= 15 is 0 Å². The Morgan fingerprint density at radius 3 is 2.49 bits per heavy atom. The van der Waals surface area contributed by atoms with Gasteiger partial charge < -0.3 is 19.9 Å². The van der Waals surface area contributed by atoms with Crippen molar-refractivity contribution in [1.29, 1.82) is 0 Å². The van der Waals surface area contributed by atoms with Crippen LogP contribution >= 0.6 is 15.9 Å². The van der Waals surface area contributed by atoms with Crippen LogP contribution in [0.2, 0.25) is 0 Å². The van der Waals surface area contributed by atoms with Crippen molar-refractivity contribution in [2.24, 2.45) is 10.9 Å². The molecule has 2 atom stereocenters. The SMILES string of the molecule is O=C(NCC1CC1)[C@]1(Cc2ccccc2)N=C(c2ccc(OCCCO)cc2)O[C@@H]1c1ccccc1Br. The summed E-state index contributed by atoms with van der Waals surface area (Å²) in [5.41, 5.74) is 1.49. The van der Waals surface area contributed by atoms with Gasteiger partial charge in [0.05, 0.1) is 6.61 Å². The second-order valence-electron chi connectivity index (χ2n) is 9.63. The second kappa shape index (κ2) is 11.5. The van der Waals surface area contributed by atoms with Crippen molar-refractivity contribution in [3.8, 4) is 5.75 Å². The van der Waals surface area contributed by atoms with E-state index in [-0.39, 0.29) is 12.5 Å². The summed E-state index contributed by atoms with van der Waals surface area (Å²) in [5, 5.41) is 12.2. The zero-order valence-corrected chi connectivity index (χ0v) is 22.2. The van der Waals surface area contributed by atoms with E-state index in [9.17, 15) is 4.79 Å². The Hall–Kier alpha value is -3.16. The van der Waals surface area contributed by atoms with Gasteiger partial charge >= 0.3 is 0 Å². The lowest BCUT2D eigenvalue weighted by Crippen LogP contribution is -2.50. The normalized spacial score (nSPS) is 20.7. The summed E-state index contributed by atoms with van der Waals surface area (Å²) in [4.78, 5) is 19.1. The Morgan fingerprint density at radius 2 is 1.78 bits per heavy atom. The number of halogens is 1. The zero-order chi connectivity index (χ0) is 25.7. The van der Waals surface area contributed by atoms with E-state index in [1.165, 1.54) is 0 Å². The molecule has 1 heterocycles. The van der Waals surface area contributed by atoms with Crippen LogP contribution in [0.15, 0.2) is 88.3 Å². The lowest BCUT2D eigenvalue weighted by atomic mass is 9.82. The average molecular weight is 563 g/mol. The Balaban J connectivity index is 1.54. The van der Waals surface area contributed by atoms with Crippen LogP contribution in [0.3, 0.4) is 0 Å². The first-order chi connectivity index (χ1) is 18.1. The topological polar surface area (TPSA) is 80.2 Å². The summed E-state index contributed by atoms with van der Waals surface area (Å²) in [6, 6.07) is 25.3. The van der Waals surface area contributed by atoms with Crippen LogP contribution in [0.1, 0.15) is 42.1 Å². The van der Waals surface area contributed by atoms with Gasteiger partial charge in [-0.1, -0.05) is 64.5 Å². The quantitative estimate of drug-likeness (QED) is 0.313. The number of rotatable bonds is 11. The summed E-state index contributed by atoms with van der Waals surface area (Å²) < 4.78 is 13.1.